The quantitative estimate of drug-likeness (QED) is 0.535. The molecular weight excluding hydrogens is 212 g/mol. The van der Waals surface area contributed by atoms with Crippen molar-refractivity contribution >= 4 is 21.9 Å². The number of hydrogen-bond donors (Lipinski definition) is 0. The molecule has 0 heterocycles. The lowest BCUT2D eigenvalue weighted by atomic mass is 10.2. The van der Waals surface area contributed by atoms with Gasteiger partial charge in [0.25, 0.3) is 0 Å². The van der Waals surface area contributed by atoms with Crippen molar-refractivity contribution in [3.05, 3.63) is 0 Å². The van der Waals surface area contributed by atoms with E-state index in [1.807, 2.05) is 6.92 Å². The zero-order valence-corrected chi connectivity index (χ0v) is 8.55. The zero-order valence-electron chi connectivity index (χ0n) is 6.96. The Morgan fingerprint density at radius 1 is 1.55 bits per heavy atom. The highest BCUT2D eigenvalue weighted by Crippen LogP contribution is 2.12. The van der Waals surface area contributed by atoms with E-state index in [0.29, 0.717) is 6.42 Å². The van der Waals surface area contributed by atoms with Crippen LogP contribution in [0.5, 0.6) is 0 Å². The SMILES string of the molecule is COC(=O)CC(Br)C(C)OC. The van der Waals surface area contributed by atoms with Gasteiger partial charge in [0.1, 0.15) is 0 Å². The molecule has 0 radical (unpaired) electrons. The maximum absolute atomic E-state index is 10.7. The molecule has 0 N–H and O–H groups in total. The molecule has 0 bridgehead atoms. The van der Waals surface area contributed by atoms with Gasteiger partial charge in [0.15, 0.2) is 0 Å². The predicted octanol–water partition coefficient (Wildman–Crippen LogP) is 1.35. The number of esters is 1. The van der Waals surface area contributed by atoms with Gasteiger partial charge in [-0.15, -0.1) is 0 Å². The van der Waals surface area contributed by atoms with Crippen LogP contribution in [0.25, 0.3) is 0 Å². The molecular formula is C7H13BrO3. The third kappa shape index (κ3) is 4.37. The minimum atomic E-state index is -0.226. The summed E-state index contributed by atoms with van der Waals surface area (Å²) in [5, 5.41) is 0. The molecule has 0 rings (SSSR count). The number of carbonyl (C=O) groups is 1. The number of hydrogen-bond acceptors (Lipinski definition) is 3. The Bertz CT molecular complexity index is 127. The summed E-state index contributed by atoms with van der Waals surface area (Å²) >= 11 is 3.32. The highest BCUT2D eigenvalue weighted by molar-refractivity contribution is 9.09. The Kier molecular flexibility index (Phi) is 5.50. The second-order valence-corrected chi connectivity index (χ2v) is 3.41. The second kappa shape index (κ2) is 5.55. The summed E-state index contributed by atoms with van der Waals surface area (Å²) in [5.41, 5.74) is 0. The van der Waals surface area contributed by atoms with Crippen LogP contribution < -0.4 is 0 Å². The Hall–Kier alpha value is -0.0900. The van der Waals surface area contributed by atoms with Crippen LogP contribution in [0.4, 0.5) is 0 Å². The topological polar surface area (TPSA) is 35.5 Å². The van der Waals surface area contributed by atoms with Crippen LogP contribution in [-0.4, -0.2) is 31.1 Å². The molecule has 0 saturated heterocycles. The van der Waals surface area contributed by atoms with Crippen molar-refractivity contribution in [1.82, 2.24) is 0 Å². The standard InChI is InChI=1S/C7H13BrO3/c1-5(10-2)6(8)4-7(9)11-3/h5-6H,4H2,1-3H3. The van der Waals surface area contributed by atoms with E-state index in [0.717, 1.165) is 0 Å². The van der Waals surface area contributed by atoms with Crippen LogP contribution in [0.3, 0.4) is 0 Å². The van der Waals surface area contributed by atoms with E-state index >= 15 is 0 Å². The summed E-state index contributed by atoms with van der Waals surface area (Å²) in [6, 6.07) is 0. The van der Waals surface area contributed by atoms with Crippen LogP contribution in [0.2, 0.25) is 0 Å². The molecule has 0 aliphatic carbocycles. The average Bonchev–Trinajstić information content (AvgIpc) is 2.02. The molecule has 0 aromatic rings. The van der Waals surface area contributed by atoms with E-state index in [1.54, 1.807) is 7.11 Å². The second-order valence-electron chi connectivity index (χ2n) is 2.24. The molecule has 0 aliphatic heterocycles. The first-order valence-electron chi connectivity index (χ1n) is 3.35. The highest BCUT2D eigenvalue weighted by atomic mass is 79.9. The molecule has 0 amide bonds. The lowest BCUT2D eigenvalue weighted by molar-refractivity contribution is -0.141. The van der Waals surface area contributed by atoms with Crippen molar-refractivity contribution in [2.24, 2.45) is 0 Å². The first-order valence-corrected chi connectivity index (χ1v) is 4.27. The van der Waals surface area contributed by atoms with Crippen molar-refractivity contribution in [2.45, 2.75) is 24.3 Å². The van der Waals surface area contributed by atoms with Gasteiger partial charge in [-0.3, -0.25) is 4.79 Å². The molecule has 0 spiro atoms. The van der Waals surface area contributed by atoms with E-state index < -0.39 is 0 Å². The van der Waals surface area contributed by atoms with Gasteiger partial charge < -0.3 is 9.47 Å². The summed E-state index contributed by atoms with van der Waals surface area (Å²) in [6.45, 7) is 1.89. The van der Waals surface area contributed by atoms with Crippen molar-refractivity contribution in [3.63, 3.8) is 0 Å². The predicted molar refractivity (Wildman–Crippen MR) is 45.8 cm³/mol. The van der Waals surface area contributed by atoms with Crippen molar-refractivity contribution in [3.8, 4) is 0 Å². The van der Waals surface area contributed by atoms with Crippen LogP contribution in [0.1, 0.15) is 13.3 Å². The summed E-state index contributed by atoms with van der Waals surface area (Å²) in [4.78, 5) is 10.8. The van der Waals surface area contributed by atoms with E-state index in [-0.39, 0.29) is 16.9 Å². The minimum Gasteiger partial charge on any atom is -0.469 e. The van der Waals surface area contributed by atoms with Gasteiger partial charge >= 0.3 is 5.97 Å². The van der Waals surface area contributed by atoms with E-state index in [2.05, 4.69) is 20.7 Å². The molecule has 3 nitrogen and oxygen atoms in total. The normalized spacial score (nSPS) is 15.6. The molecule has 2 atom stereocenters. The molecule has 66 valence electrons. The number of rotatable bonds is 4. The molecule has 4 heteroatoms. The Morgan fingerprint density at radius 2 is 2.09 bits per heavy atom. The first kappa shape index (κ1) is 10.9. The molecule has 2 unspecified atom stereocenters. The molecule has 0 aromatic carbocycles. The fraction of sp³-hybridized carbons (Fsp3) is 0.857. The maximum Gasteiger partial charge on any atom is 0.306 e. The Balaban J connectivity index is 3.67. The van der Waals surface area contributed by atoms with E-state index in [4.69, 9.17) is 4.74 Å². The van der Waals surface area contributed by atoms with Gasteiger partial charge in [0.2, 0.25) is 0 Å². The minimum absolute atomic E-state index is 0.0223. The number of halogens is 1. The fourth-order valence-corrected chi connectivity index (χ4v) is 1.04. The largest absolute Gasteiger partial charge is 0.469 e. The van der Waals surface area contributed by atoms with Crippen LogP contribution in [0.15, 0.2) is 0 Å². The smallest absolute Gasteiger partial charge is 0.306 e. The lowest BCUT2D eigenvalue weighted by Crippen LogP contribution is -2.22. The van der Waals surface area contributed by atoms with Gasteiger partial charge in [-0.25, -0.2) is 0 Å². The van der Waals surface area contributed by atoms with Crippen molar-refractivity contribution in [1.29, 1.82) is 0 Å². The summed E-state index contributed by atoms with van der Waals surface area (Å²) < 4.78 is 9.49. The third-order valence-corrected chi connectivity index (χ3v) is 2.54. The lowest BCUT2D eigenvalue weighted by Gasteiger charge is -2.14. The number of alkyl halides is 1. The monoisotopic (exact) mass is 224 g/mol. The summed E-state index contributed by atoms with van der Waals surface area (Å²) in [7, 11) is 2.98. The van der Waals surface area contributed by atoms with Crippen LogP contribution in [-0.2, 0) is 14.3 Å². The van der Waals surface area contributed by atoms with Gasteiger partial charge in [0.05, 0.1) is 24.5 Å². The van der Waals surface area contributed by atoms with Gasteiger partial charge in [-0.2, -0.15) is 0 Å². The summed E-state index contributed by atoms with van der Waals surface area (Å²) in [5.74, 6) is -0.226. The number of methoxy groups -OCH3 is 2. The summed E-state index contributed by atoms with van der Waals surface area (Å²) in [6.07, 6.45) is 0.361. The Labute approximate surface area is 75.2 Å². The number of ether oxygens (including phenoxy) is 2. The van der Waals surface area contributed by atoms with Gasteiger partial charge in [-0.1, -0.05) is 15.9 Å². The zero-order chi connectivity index (χ0) is 8.85. The van der Waals surface area contributed by atoms with Crippen LogP contribution >= 0.6 is 15.9 Å². The number of carbonyl (C=O) groups excluding carboxylic acids is 1. The van der Waals surface area contributed by atoms with E-state index in [9.17, 15) is 4.79 Å². The third-order valence-electron chi connectivity index (χ3n) is 1.47. The average molecular weight is 225 g/mol. The van der Waals surface area contributed by atoms with E-state index in [1.165, 1.54) is 7.11 Å². The van der Waals surface area contributed by atoms with Gasteiger partial charge in [-0.05, 0) is 6.92 Å². The molecule has 11 heavy (non-hydrogen) atoms. The molecule has 0 saturated carbocycles. The fourth-order valence-electron chi connectivity index (χ4n) is 0.556. The molecule has 0 aliphatic rings. The first-order chi connectivity index (χ1) is 5.11. The van der Waals surface area contributed by atoms with Crippen LogP contribution in [0, 0.1) is 0 Å². The van der Waals surface area contributed by atoms with Gasteiger partial charge in [0, 0.05) is 7.11 Å². The molecule has 0 aromatic heterocycles. The van der Waals surface area contributed by atoms with Crippen molar-refractivity contribution in [2.75, 3.05) is 14.2 Å². The highest BCUT2D eigenvalue weighted by Gasteiger charge is 2.17. The van der Waals surface area contributed by atoms with Crippen molar-refractivity contribution < 1.29 is 14.3 Å². The molecule has 0 fully saturated rings. The Morgan fingerprint density at radius 3 is 2.45 bits per heavy atom. The maximum atomic E-state index is 10.7.